The first-order chi connectivity index (χ1) is 28.8. The molecule has 0 radical (unpaired) electrons. The molecule has 5 aromatic rings. The molecule has 16 heteroatoms. The Morgan fingerprint density at radius 2 is 1.70 bits per heavy atom. The molecule has 8 rings (SSSR count). The monoisotopic (exact) mass is 860 g/mol. The number of benzene rings is 3. The number of alkyl halides is 3. The highest BCUT2D eigenvalue weighted by Gasteiger charge is 2.61. The van der Waals surface area contributed by atoms with Crippen LogP contribution in [0.4, 0.5) is 17.6 Å². The summed E-state index contributed by atoms with van der Waals surface area (Å²) in [7, 11) is -3.93. The molecule has 0 unspecified atom stereocenters. The van der Waals surface area contributed by atoms with E-state index in [0.29, 0.717) is 34.9 Å². The summed E-state index contributed by atoms with van der Waals surface area (Å²) in [6, 6.07) is 16.1. The fourth-order valence-electron chi connectivity index (χ4n) is 8.30. The number of furan rings is 1. The lowest BCUT2D eigenvalue weighted by molar-refractivity contribution is -0.144. The number of nitrogens with zero attached hydrogens (tertiary/aromatic N) is 3. The lowest BCUT2D eigenvalue weighted by atomic mass is 9.76. The van der Waals surface area contributed by atoms with Gasteiger partial charge in [-0.1, -0.05) is 63.2 Å². The Labute approximate surface area is 349 Å². The molecule has 5 atom stereocenters. The van der Waals surface area contributed by atoms with E-state index in [2.05, 4.69) is 21.3 Å². The lowest BCUT2D eigenvalue weighted by Crippen LogP contribution is -2.48. The van der Waals surface area contributed by atoms with Gasteiger partial charge in [0.2, 0.25) is 27.4 Å². The molecular weight excluding hydrogens is 817 g/mol. The zero-order valence-electron chi connectivity index (χ0n) is 33.7. The van der Waals surface area contributed by atoms with Gasteiger partial charge in [0, 0.05) is 29.7 Å². The van der Waals surface area contributed by atoms with Gasteiger partial charge in [0.25, 0.3) is 5.88 Å². The Morgan fingerprint density at radius 1 is 1.02 bits per heavy atom. The lowest BCUT2D eigenvalue weighted by Gasteiger charge is -2.35. The minimum Gasteiger partial charge on any atom is -0.470 e. The molecule has 2 aliphatic carbocycles. The number of ketones is 1. The number of rotatable bonds is 13. The minimum absolute atomic E-state index is 0.0455. The van der Waals surface area contributed by atoms with Gasteiger partial charge in [-0.3, -0.25) is 19.1 Å². The van der Waals surface area contributed by atoms with Crippen molar-refractivity contribution in [3.05, 3.63) is 102 Å². The Morgan fingerprint density at radius 3 is 2.33 bits per heavy atom. The van der Waals surface area contributed by atoms with E-state index in [9.17, 15) is 40.4 Å². The Bertz CT molecular complexity index is 2660. The van der Waals surface area contributed by atoms with Crippen molar-refractivity contribution < 1.29 is 49.5 Å². The third kappa shape index (κ3) is 8.38. The number of sulfonamides is 1. The third-order valence-corrected chi connectivity index (χ3v) is 13.9. The summed E-state index contributed by atoms with van der Waals surface area (Å²) in [5.41, 5.74) is -0.986. The van der Waals surface area contributed by atoms with E-state index < -0.39 is 79.3 Å². The van der Waals surface area contributed by atoms with Crippen LogP contribution < -0.4 is 9.46 Å². The number of ether oxygens (including phenoxy) is 1. The van der Waals surface area contributed by atoms with Crippen molar-refractivity contribution in [2.24, 2.45) is 22.7 Å². The fraction of sp³-hybridized carbons (Fsp3) is 0.400. The molecule has 3 heterocycles. The minimum atomic E-state index is -4.56. The maximum absolute atomic E-state index is 14.9. The summed E-state index contributed by atoms with van der Waals surface area (Å²) in [5.74, 6) is -3.26. The van der Waals surface area contributed by atoms with Crippen molar-refractivity contribution in [2.75, 3.05) is 6.54 Å². The van der Waals surface area contributed by atoms with Gasteiger partial charge >= 0.3 is 6.18 Å². The van der Waals surface area contributed by atoms with Crippen molar-refractivity contribution in [3.63, 3.8) is 0 Å². The van der Waals surface area contributed by atoms with E-state index in [1.165, 1.54) is 35.2 Å². The number of likely N-dealkylation sites (tertiary alicyclic amines) is 1. The van der Waals surface area contributed by atoms with E-state index in [-0.39, 0.29) is 61.0 Å². The number of carbonyl (C=O) groups excluding carboxylic acids is 3. The maximum atomic E-state index is 14.9. The second-order valence-corrected chi connectivity index (χ2v) is 19.4. The molecule has 11 nitrogen and oxygen atoms in total. The van der Waals surface area contributed by atoms with E-state index in [0.717, 1.165) is 12.1 Å². The first-order valence-electron chi connectivity index (χ1n) is 20.1. The van der Waals surface area contributed by atoms with Gasteiger partial charge in [0.15, 0.2) is 11.6 Å². The van der Waals surface area contributed by atoms with E-state index >= 15 is 0 Å². The van der Waals surface area contributed by atoms with Gasteiger partial charge in [0.05, 0.1) is 28.8 Å². The molecule has 2 saturated carbocycles. The first-order valence-corrected chi connectivity index (χ1v) is 21.6. The summed E-state index contributed by atoms with van der Waals surface area (Å²) in [4.78, 5) is 54.0. The molecule has 61 heavy (non-hydrogen) atoms. The van der Waals surface area contributed by atoms with Crippen LogP contribution in [0.15, 0.2) is 89.9 Å². The molecule has 3 aromatic carbocycles. The highest BCUT2D eigenvalue weighted by molar-refractivity contribution is 7.90. The van der Waals surface area contributed by atoms with Gasteiger partial charge < -0.3 is 14.1 Å². The standard InChI is InChI=1S/C45H44F4N4O7S/c1-5-27-22-44(27,42(56)52-61(57,58)31-18-19-31)23-35(54)34-21-30(24-53(34)41(55)33(43(2,3)4)20-25-10-16-29(46)17-11-25)59-40-38-37(32-8-6-7-9-36(32)60-38)50-39(51-40)26-12-14-28(15-13-26)45(47,48)49/h5-17,27,30-31,33-34H,1,18-24H2,2-4H3,(H,52,56)/t27-,30-,33-,34+,44-/m1/s1. The normalized spacial score (nSPS) is 22.3. The number of allylic oxidation sites excluding steroid dienone is 1. The largest absolute Gasteiger partial charge is 0.470 e. The number of halogens is 4. The molecular formula is C45H44F4N4O7S. The van der Waals surface area contributed by atoms with Crippen molar-refractivity contribution >= 4 is 49.7 Å². The van der Waals surface area contributed by atoms with E-state index in [1.807, 2.05) is 20.8 Å². The predicted octanol–water partition coefficient (Wildman–Crippen LogP) is 8.21. The first kappa shape index (κ1) is 42.1. The number of hydrogen-bond donors (Lipinski definition) is 1. The number of nitrogens with one attached hydrogen (secondary N) is 1. The molecule has 1 aliphatic heterocycles. The van der Waals surface area contributed by atoms with Gasteiger partial charge in [-0.2, -0.15) is 18.2 Å². The SMILES string of the molecule is C=C[C@@H]1C[C@]1(CC(=O)[C@@H]1C[C@@H](Oc2nc(-c3ccc(C(F)(F)F)cc3)nc3c2oc2ccccc23)CN1C(=O)[C@@H](Cc1ccc(F)cc1)C(C)(C)C)C(=O)NS(=O)(=O)C1CC1. The van der Waals surface area contributed by atoms with Crippen LogP contribution in [-0.4, -0.2) is 64.8 Å². The average Bonchev–Trinajstić information content (AvgIpc) is 4.11. The Kier molecular flexibility index (Phi) is 10.6. The van der Waals surface area contributed by atoms with Gasteiger partial charge in [-0.05, 0) is 79.0 Å². The average molecular weight is 861 g/mol. The molecule has 1 N–H and O–H groups in total. The van der Waals surface area contributed by atoms with E-state index in [1.54, 1.807) is 36.4 Å². The molecule has 2 amide bonds. The molecule has 2 aromatic heterocycles. The summed E-state index contributed by atoms with van der Waals surface area (Å²) in [6.07, 6.45) is -3.04. The second kappa shape index (κ2) is 15.4. The zero-order chi connectivity index (χ0) is 43.6. The molecule has 0 spiro atoms. The quantitative estimate of drug-likeness (QED) is 0.0914. The number of aromatic nitrogens is 2. The Balaban J connectivity index is 1.15. The van der Waals surface area contributed by atoms with Crippen molar-refractivity contribution in [3.8, 4) is 17.3 Å². The van der Waals surface area contributed by atoms with Gasteiger partial charge in [-0.15, -0.1) is 6.58 Å². The topological polar surface area (TPSA) is 149 Å². The number of amides is 2. The van der Waals surface area contributed by atoms with Crippen LogP contribution in [0.1, 0.15) is 64.0 Å². The van der Waals surface area contributed by atoms with Crippen LogP contribution in [0.2, 0.25) is 0 Å². The number of carbonyl (C=O) groups is 3. The third-order valence-electron chi connectivity index (χ3n) is 12.1. The van der Waals surface area contributed by atoms with E-state index in [4.69, 9.17) is 9.15 Å². The molecule has 1 saturated heterocycles. The summed E-state index contributed by atoms with van der Waals surface area (Å²) < 4.78 is 94.9. The predicted molar refractivity (Wildman–Crippen MR) is 218 cm³/mol. The van der Waals surface area contributed by atoms with Crippen molar-refractivity contribution in [2.45, 2.75) is 82.9 Å². The maximum Gasteiger partial charge on any atom is 0.416 e. The molecule has 3 aliphatic rings. The Hall–Kier alpha value is -5.64. The number of fused-ring (bicyclic) bond motifs is 3. The number of Topliss-reactive ketones (excluding diaryl/α,β-unsaturated/α-hetero) is 1. The molecule has 0 bridgehead atoms. The zero-order valence-corrected chi connectivity index (χ0v) is 34.5. The summed E-state index contributed by atoms with van der Waals surface area (Å²) in [6.45, 7) is 9.38. The summed E-state index contributed by atoms with van der Waals surface area (Å²) >= 11 is 0. The summed E-state index contributed by atoms with van der Waals surface area (Å²) in [5, 5.41) is -0.0716. The number of para-hydroxylation sites is 1. The van der Waals surface area contributed by atoms with Gasteiger partial charge in [-0.25, -0.2) is 17.8 Å². The van der Waals surface area contributed by atoms with Crippen LogP contribution in [-0.2, 0) is 37.0 Å². The number of hydrogen-bond acceptors (Lipinski definition) is 9. The highest BCUT2D eigenvalue weighted by atomic mass is 32.2. The van der Waals surface area contributed by atoms with Crippen LogP contribution >= 0.6 is 0 Å². The molecule has 3 fully saturated rings. The highest BCUT2D eigenvalue weighted by Crippen LogP contribution is 2.57. The van der Waals surface area contributed by atoms with Crippen LogP contribution in [0, 0.1) is 28.5 Å². The van der Waals surface area contributed by atoms with Crippen molar-refractivity contribution in [1.29, 1.82) is 0 Å². The fourth-order valence-corrected chi connectivity index (χ4v) is 9.69. The van der Waals surface area contributed by atoms with Crippen LogP contribution in [0.25, 0.3) is 33.5 Å². The second-order valence-electron chi connectivity index (χ2n) is 17.5. The van der Waals surface area contributed by atoms with Crippen molar-refractivity contribution in [1.82, 2.24) is 19.6 Å². The van der Waals surface area contributed by atoms with Gasteiger partial charge in [0.1, 0.15) is 23.0 Å². The smallest absolute Gasteiger partial charge is 0.416 e. The molecule has 320 valence electrons. The van der Waals surface area contributed by atoms with Crippen LogP contribution in [0.5, 0.6) is 5.88 Å². The van der Waals surface area contributed by atoms with Crippen LogP contribution in [0.3, 0.4) is 0 Å².